The van der Waals surface area contributed by atoms with E-state index >= 15 is 0 Å². The maximum absolute atomic E-state index is 12.6. The zero-order valence-electron chi connectivity index (χ0n) is 15.3. The molecule has 1 atom stereocenters. The van der Waals surface area contributed by atoms with E-state index in [1.807, 2.05) is 6.92 Å². The molecule has 1 saturated heterocycles. The van der Waals surface area contributed by atoms with Gasteiger partial charge in [-0.2, -0.15) is 0 Å². The van der Waals surface area contributed by atoms with Crippen molar-refractivity contribution in [3.63, 3.8) is 0 Å². The number of hydrogen-bond donors (Lipinski definition) is 1. The molecule has 2 amide bonds. The van der Waals surface area contributed by atoms with Crippen LogP contribution in [-0.4, -0.2) is 32.6 Å². The van der Waals surface area contributed by atoms with Gasteiger partial charge in [-0.05, 0) is 49.4 Å². The van der Waals surface area contributed by atoms with Crippen LogP contribution in [-0.2, 0) is 14.8 Å². The van der Waals surface area contributed by atoms with Crippen LogP contribution in [0.25, 0.3) is 0 Å². The first kappa shape index (κ1) is 20.2. The van der Waals surface area contributed by atoms with Crippen LogP contribution < -0.4 is 14.4 Å². The molecule has 2 aromatic rings. The van der Waals surface area contributed by atoms with E-state index in [1.165, 1.54) is 18.2 Å². The number of rotatable bonds is 5. The summed E-state index contributed by atoms with van der Waals surface area (Å²) in [7, 11) is -3.77. The number of anilines is 2. The van der Waals surface area contributed by atoms with Gasteiger partial charge in [-0.25, -0.2) is 12.7 Å². The number of benzene rings is 2. The Kier molecular flexibility index (Phi) is 5.62. The molecule has 148 valence electrons. The Hall–Kier alpha value is -2.58. The predicted octanol–water partition coefficient (Wildman–Crippen LogP) is 3.30. The highest BCUT2D eigenvalue weighted by molar-refractivity contribution is 7.94. The molecule has 1 N–H and O–H groups in total. The summed E-state index contributed by atoms with van der Waals surface area (Å²) in [5, 5.41) is 2.84. The van der Waals surface area contributed by atoms with Crippen molar-refractivity contribution < 1.29 is 22.7 Å². The molecule has 1 unspecified atom stereocenters. The van der Waals surface area contributed by atoms with Gasteiger partial charge < -0.3 is 10.1 Å². The third-order valence-electron chi connectivity index (χ3n) is 4.21. The lowest BCUT2D eigenvalue weighted by Gasteiger charge is -2.17. The highest BCUT2D eigenvalue weighted by atomic mass is 35.5. The van der Waals surface area contributed by atoms with Crippen LogP contribution in [0.5, 0.6) is 5.75 Å². The minimum atomic E-state index is -3.77. The third kappa shape index (κ3) is 3.98. The van der Waals surface area contributed by atoms with Crippen molar-refractivity contribution in [3.8, 4) is 5.75 Å². The molecule has 2 aromatic carbocycles. The molecular formula is C19H19ClN2O5S. The fourth-order valence-corrected chi connectivity index (χ4v) is 4.92. The largest absolute Gasteiger partial charge is 0.494 e. The van der Waals surface area contributed by atoms with E-state index in [0.29, 0.717) is 18.0 Å². The topological polar surface area (TPSA) is 92.8 Å². The average Bonchev–Trinajstić information content (AvgIpc) is 2.84. The number of nitrogens with one attached hydrogen (secondary N) is 1. The van der Waals surface area contributed by atoms with Crippen molar-refractivity contribution in [2.75, 3.05) is 22.0 Å². The summed E-state index contributed by atoms with van der Waals surface area (Å²) in [6.45, 7) is 3.96. The summed E-state index contributed by atoms with van der Waals surface area (Å²) < 4.78 is 30.7. The number of carbonyl (C=O) groups excluding carboxylic acids is 2. The molecule has 0 aliphatic carbocycles. The van der Waals surface area contributed by atoms with Gasteiger partial charge in [0.15, 0.2) is 0 Å². The second-order valence-electron chi connectivity index (χ2n) is 6.36. The lowest BCUT2D eigenvalue weighted by atomic mass is 10.1. The van der Waals surface area contributed by atoms with Crippen LogP contribution in [0.4, 0.5) is 11.4 Å². The average molecular weight is 423 g/mol. The Morgan fingerprint density at radius 3 is 2.50 bits per heavy atom. The Bertz CT molecular complexity index is 1020. The zero-order chi connectivity index (χ0) is 20.5. The molecular weight excluding hydrogens is 404 g/mol. The number of carbonyl (C=O) groups is 2. The summed E-state index contributed by atoms with van der Waals surface area (Å²) >= 11 is 6.13. The van der Waals surface area contributed by atoms with Crippen LogP contribution in [0, 0.1) is 5.92 Å². The van der Waals surface area contributed by atoms with Gasteiger partial charge in [0.2, 0.25) is 15.9 Å². The molecule has 1 aliphatic rings. The number of nitrogens with zero attached hydrogens (tertiary/aromatic N) is 1. The molecule has 7 nitrogen and oxygen atoms in total. The molecule has 1 aliphatic heterocycles. The lowest BCUT2D eigenvalue weighted by molar-refractivity contribution is -0.119. The van der Waals surface area contributed by atoms with Crippen LogP contribution in [0.1, 0.15) is 24.2 Å². The Morgan fingerprint density at radius 1 is 1.25 bits per heavy atom. The normalized spacial score (nSPS) is 18.2. The van der Waals surface area contributed by atoms with Crippen molar-refractivity contribution in [3.05, 3.63) is 53.1 Å². The first-order valence-electron chi connectivity index (χ1n) is 8.63. The number of amides is 2. The first-order chi connectivity index (χ1) is 13.2. The maximum atomic E-state index is 12.6. The molecule has 0 bridgehead atoms. The molecule has 3 rings (SSSR count). The highest BCUT2D eigenvalue weighted by Crippen LogP contribution is 2.31. The van der Waals surface area contributed by atoms with Gasteiger partial charge in [0.25, 0.3) is 5.91 Å². The molecule has 0 saturated carbocycles. The fraction of sp³-hybridized carbons (Fsp3) is 0.263. The summed E-state index contributed by atoms with van der Waals surface area (Å²) in [5.41, 5.74) is 0.680. The van der Waals surface area contributed by atoms with Gasteiger partial charge >= 0.3 is 0 Å². The number of ether oxygens (including phenoxy) is 1. The van der Waals surface area contributed by atoms with E-state index in [0.717, 1.165) is 4.31 Å². The Labute approximate surface area is 168 Å². The minimum Gasteiger partial charge on any atom is -0.494 e. The van der Waals surface area contributed by atoms with Crippen molar-refractivity contribution in [1.82, 2.24) is 0 Å². The van der Waals surface area contributed by atoms with Crippen LogP contribution >= 0.6 is 11.6 Å². The minimum absolute atomic E-state index is 0.0654. The molecule has 28 heavy (non-hydrogen) atoms. The van der Waals surface area contributed by atoms with E-state index in [4.69, 9.17) is 16.3 Å². The maximum Gasteiger partial charge on any atom is 0.257 e. The standard InChI is InChI=1S/C19H19ClN2O5S/c1-3-27-15-7-4-13(5-8-15)21-18(23)16-10-14(6-9-17(16)20)22-19(24)12(2)11-28(22,25)26/h4-10,12H,3,11H2,1-2H3,(H,21,23). The number of halogens is 1. The molecule has 9 heteroatoms. The molecule has 0 aromatic heterocycles. The first-order valence-corrected chi connectivity index (χ1v) is 10.6. The molecule has 0 radical (unpaired) electrons. The van der Waals surface area contributed by atoms with E-state index in [9.17, 15) is 18.0 Å². The van der Waals surface area contributed by atoms with Crippen LogP contribution in [0.2, 0.25) is 5.02 Å². The van der Waals surface area contributed by atoms with Gasteiger partial charge in [0, 0.05) is 5.69 Å². The predicted molar refractivity (Wildman–Crippen MR) is 107 cm³/mol. The summed E-state index contributed by atoms with van der Waals surface area (Å²) in [6, 6.07) is 10.9. The smallest absolute Gasteiger partial charge is 0.257 e. The van der Waals surface area contributed by atoms with Crippen molar-refractivity contribution in [2.24, 2.45) is 5.92 Å². The van der Waals surface area contributed by atoms with Gasteiger partial charge in [0.1, 0.15) is 5.75 Å². The van der Waals surface area contributed by atoms with Crippen LogP contribution in [0.15, 0.2) is 42.5 Å². The summed E-state index contributed by atoms with van der Waals surface area (Å²) in [5.74, 6) is -1.27. The van der Waals surface area contributed by atoms with Crippen molar-refractivity contribution >= 4 is 44.8 Å². The highest BCUT2D eigenvalue weighted by Gasteiger charge is 2.42. The molecule has 1 heterocycles. The lowest BCUT2D eigenvalue weighted by Crippen LogP contribution is -2.30. The van der Waals surface area contributed by atoms with E-state index < -0.39 is 27.8 Å². The fourth-order valence-electron chi connectivity index (χ4n) is 2.90. The van der Waals surface area contributed by atoms with Gasteiger partial charge in [-0.3, -0.25) is 9.59 Å². The quantitative estimate of drug-likeness (QED) is 0.797. The molecule has 1 fully saturated rings. The number of sulfonamides is 1. The van der Waals surface area contributed by atoms with Gasteiger partial charge in [-0.1, -0.05) is 18.5 Å². The van der Waals surface area contributed by atoms with E-state index in [2.05, 4.69) is 5.32 Å². The van der Waals surface area contributed by atoms with E-state index in [-0.39, 0.29) is 22.0 Å². The number of hydrogen-bond acceptors (Lipinski definition) is 5. The van der Waals surface area contributed by atoms with Crippen molar-refractivity contribution in [2.45, 2.75) is 13.8 Å². The second kappa shape index (κ2) is 7.81. The van der Waals surface area contributed by atoms with Crippen LogP contribution in [0.3, 0.4) is 0 Å². The van der Waals surface area contributed by atoms with E-state index in [1.54, 1.807) is 31.2 Å². The van der Waals surface area contributed by atoms with Gasteiger partial charge in [-0.15, -0.1) is 0 Å². The van der Waals surface area contributed by atoms with Gasteiger partial charge in [0.05, 0.1) is 34.6 Å². The van der Waals surface area contributed by atoms with Crippen molar-refractivity contribution in [1.29, 1.82) is 0 Å². The second-order valence-corrected chi connectivity index (χ2v) is 8.63. The Balaban J connectivity index is 1.87. The molecule has 0 spiro atoms. The summed E-state index contributed by atoms with van der Waals surface area (Å²) in [4.78, 5) is 24.9. The third-order valence-corrected chi connectivity index (χ3v) is 6.41. The zero-order valence-corrected chi connectivity index (χ0v) is 16.9. The monoisotopic (exact) mass is 422 g/mol. The Morgan fingerprint density at radius 2 is 1.93 bits per heavy atom. The SMILES string of the molecule is CCOc1ccc(NC(=O)c2cc(N3C(=O)C(C)CS3(=O)=O)ccc2Cl)cc1. The summed E-state index contributed by atoms with van der Waals surface area (Å²) in [6.07, 6.45) is 0.